The monoisotopic (exact) mass is 604 g/mol. The number of benzene rings is 4. The van der Waals surface area contributed by atoms with Gasteiger partial charge in [-0.05, 0) is 71.3 Å². The Balaban J connectivity index is 1.21. The predicted octanol–water partition coefficient (Wildman–Crippen LogP) is 6.43. The number of rotatable bonds is 8. The van der Waals surface area contributed by atoms with Gasteiger partial charge in [0.15, 0.2) is 0 Å². The quantitative estimate of drug-likeness (QED) is 0.218. The molecule has 42 heavy (non-hydrogen) atoms. The number of ether oxygens (including phenoxy) is 2. The molecule has 0 spiro atoms. The summed E-state index contributed by atoms with van der Waals surface area (Å²) >= 11 is 6.49. The van der Waals surface area contributed by atoms with Gasteiger partial charge in [0.2, 0.25) is 10.0 Å². The highest BCUT2D eigenvalue weighted by molar-refractivity contribution is 7.89. The zero-order valence-electron chi connectivity index (χ0n) is 22.3. The van der Waals surface area contributed by atoms with Crippen LogP contribution in [0.15, 0.2) is 96.2 Å². The number of fused-ring (bicyclic) bond motifs is 1. The fourth-order valence-electron chi connectivity index (χ4n) is 4.71. The average molecular weight is 605 g/mol. The Labute approximate surface area is 247 Å². The lowest BCUT2D eigenvalue weighted by molar-refractivity contribution is 0.0730. The molecule has 214 valence electrons. The number of hydrogen-bond donors (Lipinski definition) is 1. The van der Waals surface area contributed by atoms with Crippen molar-refractivity contribution in [1.29, 1.82) is 0 Å². The lowest BCUT2D eigenvalue weighted by atomic mass is 10.0. The number of anilines is 2. The summed E-state index contributed by atoms with van der Waals surface area (Å²) in [5.74, 6) is 0.731. The Hall–Kier alpha value is -4.09. The Kier molecular flexibility index (Phi) is 8.03. The van der Waals surface area contributed by atoms with Crippen molar-refractivity contribution in [3.8, 4) is 16.9 Å². The second-order valence-corrected chi connectivity index (χ2v) is 12.0. The number of nitrogens with zero attached hydrogens (tertiary/aromatic N) is 3. The molecular formula is C31H26ClFN4O4S. The van der Waals surface area contributed by atoms with E-state index in [1.807, 2.05) is 24.3 Å². The lowest BCUT2D eigenvalue weighted by Crippen LogP contribution is -2.40. The Morgan fingerprint density at radius 2 is 1.71 bits per heavy atom. The second kappa shape index (κ2) is 12.0. The van der Waals surface area contributed by atoms with Crippen LogP contribution in [0.2, 0.25) is 5.02 Å². The van der Waals surface area contributed by atoms with Gasteiger partial charge in [-0.2, -0.15) is 4.31 Å². The number of halogens is 2. The number of nitrogens with one attached hydrogen (secondary N) is 1. The average Bonchev–Trinajstić information content (AvgIpc) is 3.01. The molecule has 0 unspecified atom stereocenters. The number of sulfonamides is 1. The van der Waals surface area contributed by atoms with Crippen LogP contribution in [0.3, 0.4) is 0 Å². The molecule has 4 aromatic carbocycles. The molecule has 0 saturated carbocycles. The lowest BCUT2D eigenvalue weighted by Gasteiger charge is -2.26. The van der Waals surface area contributed by atoms with Crippen molar-refractivity contribution in [2.24, 2.45) is 0 Å². The van der Waals surface area contributed by atoms with Gasteiger partial charge in [0.25, 0.3) is 0 Å². The highest BCUT2D eigenvalue weighted by atomic mass is 35.5. The molecule has 5 aromatic rings. The molecule has 1 saturated heterocycles. The standard InChI is InChI=1S/C31H26ClFN4O4S/c32-28-18-25(7-11-30(28)41-19-21-2-1-3-24(33)16-21)36-31-27-17-23(6-10-29(27)34-20-35-31)22-4-8-26(9-5-22)42(38,39)37-12-14-40-15-13-37/h1-11,16-18,20H,12-15,19H2,(H,34,35,36). The maximum absolute atomic E-state index is 13.5. The van der Waals surface area contributed by atoms with Crippen LogP contribution in [0.5, 0.6) is 5.75 Å². The van der Waals surface area contributed by atoms with E-state index in [0.29, 0.717) is 54.1 Å². The van der Waals surface area contributed by atoms with E-state index in [9.17, 15) is 12.8 Å². The molecule has 0 atom stereocenters. The van der Waals surface area contributed by atoms with Gasteiger partial charge in [0, 0.05) is 24.2 Å². The minimum Gasteiger partial charge on any atom is -0.487 e. The van der Waals surface area contributed by atoms with E-state index in [2.05, 4.69) is 15.3 Å². The van der Waals surface area contributed by atoms with Crippen molar-refractivity contribution in [3.05, 3.63) is 108 Å². The third-order valence-corrected chi connectivity index (χ3v) is 9.12. The molecule has 6 rings (SSSR count). The molecule has 1 aliphatic rings. The molecule has 0 radical (unpaired) electrons. The van der Waals surface area contributed by atoms with Crippen molar-refractivity contribution in [3.63, 3.8) is 0 Å². The molecule has 8 nitrogen and oxygen atoms in total. The Morgan fingerprint density at radius 3 is 2.48 bits per heavy atom. The first kappa shape index (κ1) is 28.0. The van der Waals surface area contributed by atoms with Gasteiger partial charge in [-0.25, -0.2) is 22.8 Å². The zero-order chi connectivity index (χ0) is 29.1. The van der Waals surface area contributed by atoms with Gasteiger partial charge in [-0.15, -0.1) is 0 Å². The first-order valence-electron chi connectivity index (χ1n) is 13.2. The van der Waals surface area contributed by atoms with Crippen molar-refractivity contribution in [2.45, 2.75) is 11.5 Å². The smallest absolute Gasteiger partial charge is 0.243 e. The summed E-state index contributed by atoms with van der Waals surface area (Å²) in [6.07, 6.45) is 1.48. The van der Waals surface area contributed by atoms with Crippen molar-refractivity contribution < 1.29 is 22.3 Å². The maximum Gasteiger partial charge on any atom is 0.243 e. The van der Waals surface area contributed by atoms with Gasteiger partial charge < -0.3 is 14.8 Å². The third kappa shape index (κ3) is 6.07. The molecule has 1 N–H and O–H groups in total. The SMILES string of the molecule is O=S(=O)(c1ccc(-c2ccc3ncnc(Nc4ccc(OCc5cccc(F)c5)c(Cl)c4)c3c2)cc1)N1CCOCC1. The molecule has 1 aliphatic heterocycles. The summed E-state index contributed by atoms with van der Waals surface area (Å²) in [5, 5.41) is 4.48. The summed E-state index contributed by atoms with van der Waals surface area (Å²) in [5.41, 5.74) is 3.88. The van der Waals surface area contributed by atoms with E-state index >= 15 is 0 Å². The molecule has 2 heterocycles. The van der Waals surface area contributed by atoms with Crippen LogP contribution in [0, 0.1) is 5.82 Å². The number of morpholine rings is 1. The van der Waals surface area contributed by atoms with Crippen LogP contribution in [-0.4, -0.2) is 49.0 Å². The molecule has 1 fully saturated rings. The molecule has 0 amide bonds. The van der Waals surface area contributed by atoms with Crippen LogP contribution >= 0.6 is 11.6 Å². The first-order valence-corrected chi connectivity index (χ1v) is 15.1. The summed E-state index contributed by atoms with van der Waals surface area (Å²) in [6, 6.07) is 24.1. The fourth-order valence-corrected chi connectivity index (χ4v) is 6.35. The van der Waals surface area contributed by atoms with E-state index < -0.39 is 10.0 Å². The number of hydrogen-bond acceptors (Lipinski definition) is 7. The Bertz CT molecular complexity index is 1850. The van der Waals surface area contributed by atoms with Crippen molar-refractivity contribution in [1.82, 2.24) is 14.3 Å². The van der Waals surface area contributed by atoms with Gasteiger partial charge in [0.1, 0.15) is 30.3 Å². The molecular weight excluding hydrogens is 579 g/mol. The van der Waals surface area contributed by atoms with Crippen molar-refractivity contribution in [2.75, 3.05) is 31.6 Å². The van der Waals surface area contributed by atoms with Crippen LogP contribution in [0.1, 0.15) is 5.56 Å². The third-order valence-electron chi connectivity index (χ3n) is 6.91. The minimum atomic E-state index is -3.57. The van der Waals surface area contributed by atoms with Crippen LogP contribution in [-0.2, 0) is 21.4 Å². The maximum atomic E-state index is 13.5. The van der Waals surface area contributed by atoms with Gasteiger partial charge in [0.05, 0.1) is 28.6 Å². The largest absolute Gasteiger partial charge is 0.487 e. The van der Waals surface area contributed by atoms with E-state index in [4.69, 9.17) is 21.1 Å². The van der Waals surface area contributed by atoms with E-state index in [1.54, 1.807) is 48.5 Å². The number of aromatic nitrogens is 2. The Morgan fingerprint density at radius 1 is 0.929 bits per heavy atom. The molecule has 1 aromatic heterocycles. The molecule has 0 aliphatic carbocycles. The summed E-state index contributed by atoms with van der Waals surface area (Å²) in [7, 11) is -3.57. The zero-order valence-corrected chi connectivity index (χ0v) is 23.9. The van der Waals surface area contributed by atoms with Crippen LogP contribution in [0.4, 0.5) is 15.9 Å². The van der Waals surface area contributed by atoms with E-state index in [-0.39, 0.29) is 17.3 Å². The van der Waals surface area contributed by atoms with Crippen molar-refractivity contribution >= 4 is 44.0 Å². The van der Waals surface area contributed by atoms with E-state index in [1.165, 1.54) is 22.8 Å². The van der Waals surface area contributed by atoms with Gasteiger partial charge >= 0.3 is 0 Å². The predicted molar refractivity (Wildman–Crippen MR) is 160 cm³/mol. The van der Waals surface area contributed by atoms with Gasteiger partial charge in [-0.1, -0.05) is 41.9 Å². The van der Waals surface area contributed by atoms with E-state index in [0.717, 1.165) is 22.0 Å². The second-order valence-electron chi connectivity index (χ2n) is 9.68. The highest BCUT2D eigenvalue weighted by Gasteiger charge is 2.26. The van der Waals surface area contributed by atoms with Gasteiger partial charge in [-0.3, -0.25) is 0 Å². The fraction of sp³-hybridized carbons (Fsp3) is 0.161. The first-order chi connectivity index (χ1) is 20.4. The topological polar surface area (TPSA) is 93.7 Å². The van der Waals surface area contributed by atoms with Crippen LogP contribution in [0.25, 0.3) is 22.0 Å². The van der Waals surface area contributed by atoms with Crippen LogP contribution < -0.4 is 10.1 Å². The summed E-state index contributed by atoms with van der Waals surface area (Å²) in [4.78, 5) is 9.08. The summed E-state index contributed by atoms with van der Waals surface area (Å²) < 4.78 is 52.0. The highest BCUT2D eigenvalue weighted by Crippen LogP contribution is 2.33. The minimum absolute atomic E-state index is 0.184. The summed E-state index contributed by atoms with van der Waals surface area (Å²) in [6.45, 7) is 1.67. The normalized spacial score (nSPS) is 14.1. The molecule has 0 bridgehead atoms. The molecule has 11 heteroatoms.